The average Bonchev–Trinajstić information content (AvgIpc) is 2.80. The number of hydrogen-bond donors (Lipinski definition) is 1. The van der Waals surface area contributed by atoms with Crippen molar-refractivity contribution in [2.24, 2.45) is 0 Å². The third kappa shape index (κ3) is 4.08. The van der Waals surface area contributed by atoms with Crippen molar-refractivity contribution in [3.8, 4) is 0 Å². The molecule has 0 radical (unpaired) electrons. The Morgan fingerprint density at radius 2 is 1.90 bits per heavy atom. The molecule has 2 rings (SSSR count). The summed E-state index contributed by atoms with van der Waals surface area (Å²) in [6, 6.07) is 4.82. The van der Waals surface area contributed by atoms with E-state index < -0.39 is 17.6 Å². The Balaban J connectivity index is 2.17. The van der Waals surface area contributed by atoms with Crippen LogP contribution in [-0.4, -0.2) is 5.91 Å². The Morgan fingerprint density at radius 1 is 1.19 bits per heavy atom. The molecular weight excluding hydrogens is 435 g/mol. The van der Waals surface area contributed by atoms with E-state index in [-0.39, 0.29) is 12.1 Å². The fourth-order valence-electron chi connectivity index (χ4n) is 1.58. The summed E-state index contributed by atoms with van der Waals surface area (Å²) in [7, 11) is 0. The van der Waals surface area contributed by atoms with Crippen LogP contribution >= 0.6 is 43.2 Å². The largest absolute Gasteiger partial charge is 0.416 e. The minimum Gasteiger partial charge on any atom is -0.347 e. The highest BCUT2D eigenvalue weighted by Crippen LogP contribution is 2.32. The lowest BCUT2D eigenvalue weighted by molar-refractivity contribution is -0.137. The van der Waals surface area contributed by atoms with Crippen LogP contribution in [0.3, 0.4) is 0 Å². The molecule has 2 nitrogen and oxygen atoms in total. The third-order valence-corrected chi connectivity index (χ3v) is 5.26. The van der Waals surface area contributed by atoms with Crippen LogP contribution in [0.4, 0.5) is 13.2 Å². The smallest absolute Gasteiger partial charge is 0.347 e. The molecule has 0 fully saturated rings. The zero-order valence-electron chi connectivity index (χ0n) is 10.3. The summed E-state index contributed by atoms with van der Waals surface area (Å²) in [5.74, 6) is -0.562. The Hall–Kier alpha value is -0.860. The minimum absolute atomic E-state index is 0.0440. The number of hydrogen-bond acceptors (Lipinski definition) is 2. The second kappa shape index (κ2) is 6.50. The zero-order valence-corrected chi connectivity index (χ0v) is 14.3. The van der Waals surface area contributed by atoms with Crippen LogP contribution < -0.4 is 5.32 Å². The highest BCUT2D eigenvalue weighted by molar-refractivity contribution is 9.10. The van der Waals surface area contributed by atoms with Crippen molar-refractivity contribution in [2.75, 3.05) is 0 Å². The number of nitrogens with one attached hydrogen (secondary N) is 1. The van der Waals surface area contributed by atoms with Gasteiger partial charge in [0.15, 0.2) is 0 Å². The van der Waals surface area contributed by atoms with Gasteiger partial charge in [0, 0.05) is 13.8 Å². The maximum atomic E-state index is 12.7. The molecule has 1 aromatic heterocycles. The number of carbonyl (C=O) groups excluding carboxylic acids is 1. The van der Waals surface area contributed by atoms with Crippen molar-refractivity contribution in [2.45, 2.75) is 12.7 Å². The third-order valence-electron chi connectivity index (χ3n) is 2.64. The lowest BCUT2D eigenvalue weighted by atomic mass is 10.1. The quantitative estimate of drug-likeness (QED) is 0.693. The topological polar surface area (TPSA) is 29.1 Å². The van der Waals surface area contributed by atoms with Gasteiger partial charge in [-0.3, -0.25) is 4.79 Å². The summed E-state index contributed by atoms with van der Waals surface area (Å²) < 4.78 is 39.2. The van der Waals surface area contributed by atoms with E-state index in [0.717, 1.165) is 21.5 Å². The van der Waals surface area contributed by atoms with E-state index in [1.54, 1.807) is 0 Å². The minimum atomic E-state index is -4.48. The van der Waals surface area contributed by atoms with E-state index in [0.29, 0.717) is 4.47 Å². The number of halogens is 5. The van der Waals surface area contributed by atoms with Crippen molar-refractivity contribution in [1.82, 2.24) is 5.32 Å². The molecule has 0 atom stereocenters. The first kappa shape index (κ1) is 16.5. The molecule has 1 heterocycles. The van der Waals surface area contributed by atoms with E-state index in [9.17, 15) is 18.0 Å². The van der Waals surface area contributed by atoms with Gasteiger partial charge in [-0.1, -0.05) is 0 Å². The number of benzene rings is 1. The van der Waals surface area contributed by atoms with E-state index in [1.165, 1.54) is 17.4 Å². The van der Waals surface area contributed by atoms with Crippen LogP contribution in [0.15, 0.2) is 38.6 Å². The van der Waals surface area contributed by atoms with Gasteiger partial charge in [-0.2, -0.15) is 13.2 Å². The molecule has 8 heteroatoms. The second-order valence-electron chi connectivity index (χ2n) is 4.07. The van der Waals surface area contributed by atoms with Crippen LogP contribution in [-0.2, 0) is 12.7 Å². The van der Waals surface area contributed by atoms with Crippen LogP contribution in [0.1, 0.15) is 20.8 Å². The average molecular weight is 443 g/mol. The number of amides is 1. The number of rotatable bonds is 3. The standard InChI is InChI=1S/C13H8Br2F3NOS/c14-9-2-1-7(13(16,17)18)5-8(9)12(20)19-6-11-10(15)3-4-21-11/h1-5H,6H2,(H,19,20). The fraction of sp³-hybridized carbons (Fsp3) is 0.154. The maximum absolute atomic E-state index is 12.7. The molecule has 1 aromatic carbocycles. The van der Waals surface area contributed by atoms with Gasteiger partial charge in [-0.25, -0.2) is 0 Å². The molecule has 0 spiro atoms. The van der Waals surface area contributed by atoms with Gasteiger partial charge < -0.3 is 5.32 Å². The number of carbonyl (C=O) groups is 1. The Kier molecular flexibility index (Phi) is 5.11. The van der Waals surface area contributed by atoms with Gasteiger partial charge in [0.05, 0.1) is 17.7 Å². The molecule has 1 N–H and O–H groups in total. The van der Waals surface area contributed by atoms with Crippen LogP contribution in [0, 0.1) is 0 Å². The van der Waals surface area contributed by atoms with Gasteiger partial charge >= 0.3 is 6.18 Å². The number of alkyl halides is 3. The van der Waals surface area contributed by atoms with Gasteiger partial charge in [0.25, 0.3) is 5.91 Å². The summed E-state index contributed by atoms with van der Waals surface area (Å²) in [6.07, 6.45) is -4.48. The molecule has 0 aliphatic heterocycles. The molecular formula is C13H8Br2F3NOS. The molecule has 0 aliphatic carbocycles. The van der Waals surface area contributed by atoms with Gasteiger partial charge in [-0.05, 0) is 61.5 Å². The van der Waals surface area contributed by atoms with Gasteiger partial charge in [0.2, 0.25) is 0 Å². The van der Waals surface area contributed by atoms with Gasteiger partial charge in [0.1, 0.15) is 0 Å². The second-order valence-corrected chi connectivity index (χ2v) is 6.78. The molecule has 21 heavy (non-hydrogen) atoms. The number of thiophene rings is 1. The van der Waals surface area contributed by atoms with Crippen LogP contribution in [0.25, 0.3) is 0 Å². The molecule has 0 unspecified atom stereocenters. The SMILES string of the molecule is O=C(NCc1sccc1Br)c1cc(C(F)(F)F)ccc1Br. The Morgan fingerprint density at radius 3 is 2.48 bits per heavy atom. The van der Waals surface area contributed by atoms with Crippen molar-refractivity contribution in [3.05, 3.63) is 54.6 Å². The summed E-state index contributed by atoms with van der Waals surface area (Å²) in [5.41, 5.74) is -0.898. The molecule has 0 bridgehead atoms. The van der Waals surface area contributed by atoms with E-state index >= 15 is 0 Å². The van der Waals surface area contributed by atoms with Crippen LogP contribution in [0.5, 0.6) is 0 Å². The first-order chi connectivity index (χ1) is 9.79. The molecule has 1 amide bonds. The molecule has 0 aliphatic rings. The monoisotopic (exact) mass is 441 g/mol. The Labute approximate surface area is 139 Å². The summed E-state index contributed by atoms with van der Waals surface area (Å²) in [5, 5.41) is 4.46. The summed E-state index contributed by atoms with van der Waals surface area (Å²) in [4.78, 5) is 12.9. The highest BCUT2D eigenvalue weighted by atomic mass is 79.9. The fourth-order valence-corrected chi connectivity index (χ4v) is 3.44. The van der Waals surface area contributed by atoms with E-state index in [1.807, 2.05) is 11.4 Å². The van der Waals surface area contributed by atoms with Crippen molar-refractivity contribution in [1.29, 1.82) is 0 Å². The first-order valence-electron chi connectivity index (χ1n) is 5.66. The Bertz CT molecular complexity index is 670. The molecule has 0 saturated carbocycles. The lowest BCUT2D eigenvalue weighted by Gasteiger charge is -2.11. The lowest BCUT2D eigenvalue weighted by Crippen LogP contribution is -2.23. The van der Waals surface area contributed by atoms with Crippen molar-refractivity contribution in [3.63, 3.8) is 0 Å². The highest BCUT2D eigenvalue weighted by Gasteiger charge is 2.31. The molecule has 0 saturated heterocycles. The molecule has 112 valence electrons. The molecule has 2 aromatic rings. The zero-order chi connectivity index (χ0) is 15.6. The predicted octanol–water partition coefficient (Wildman–Crippen LogP) is 5.22. The van der Waals surface area contributed by atoms with Gasteiger partial charge in [-0.15, -0.1) is 11.3 Å². The first-order valence-corrected chi connectivity index (χ1v) is 8.12. The summed E-state index contributed by atoms with van der Waals surface area (Å²) in [6.45, 7) is 0.250. The maximum Gasteiger partial charge on any atom is 0.416 e. The predicted molar refractivity (Wildman–Crippen MR) is 82.3 cm³/mol. The van der Waals surface area contributed by atoms with Crippen molar-refractivity contribution >= 4 is 49.1 Å². The van der Waals surface area contributed by atoms with Crippen LogP contribution in [0.2, 0.25) is 0 Å². The van der Waals surface area contributed by atoms with E-state index in [4.69, 9.17) is 0 Å². The van der Waals surface area contributed by atoms with Crippen molar-refractivity contribution < 1.29 is 18.0 Å². The van der Waals surface area contributed by atoms with E-state index in [2.05, 4.69) is 37.2 Å². The summed E-state index contributed by atoms with van der Waals surface area (Å²) >= 11 is 7.87. The normalized spacial score (nSPS) is 11.5.